The van der Waals surface area contributed by atoms with Crippen LogP contribution in [0.4, 0.5) is 0 Å². The smallest absolute Gasteiger partial charge is 0.158 e. The Bertz CT molecular complexity index is 732. The molecule has 0 bridgehead atoms. The van der Waals surface area contributed by atoms with Crippen molar-refractivity contribution in [2.24, 2.45) is 0 Å². The Morgan fingerprint density at radius 3 is 2.43 bits per heavy atom. The molecule has 0 aliphatic heterocycles. The zero-order valence-corrected chi connectivity index (χ0v) is 11.7. The zero-order chi connectivity index (χ0) is 14.4. The van der Waals surface area contributed by atoms with Gasteiger partial charge in [0.25, 0.3) is 0 Å². The molecule has 2 aliphatic carbocycles. The summed E-state index contributed by atoms with van der Waals surface area (Å²) in [5, 5.41) is 0. The minimum atomic E-state index is -0.864. The Hall–Kier alpha value is -2.22. The number of hydrogen-bond acceptors (Lipinski definition) is 2. The molecule has 1 saturated carbocycles. The van der Waals surface area contributed by atoms with Gasteiger partial charge in [0.15, 0.2) is 11.6 Å². The molecule has 0 N–H and O–H groups in total. The Labute approximate surface area is 123 Å². The Morgan fingerprint density at radius 1 is 0.905 bits per heavy atom. The highest BCUT2D eigenvalue weighted by molar-refractivity contribution is 6.21. The van der Waals surface area contributed by atoms with E-state index in [9.17, 15) is 9.59 Å². The van der Waals surface area contributed by atoms with Gasteiger partial charge in [-0.15, -0.1) is 0 Å². The van der Waals surface area contributed by atoms with Gasteiger partial charge in [0.05, 0.1) is 5.92 Å². The third-order valence-electron chi connectivity index (χ3n) is 5.05. The Balaban J connectivity index is 1.83. The minimum Gasteiger partial charge on any atom is -0.298 e. The molecule has 4 rings (SSSR count). The van der Waals surface area contributed by atoms with E-state index in [1.807, 2.05) is 54.6 Å². The van der Waals surface area contributed by atoms with E-state index in [1.54, 1.807) is 0 Å². The monoisotopic (exact) mass is 276 g/mol. The quantitative estimate of drug-likeness (QED) is 0.750. The molecule has 2 aromatic carbocycles. The number of ketones is 2. The lowest BCUT2D eigenvalue weighted by molar-refractivity contribution is -0.129. The van der Waals surface area contributed by atoms with E-state index in [4.69, 9.17) is 0 Å². The standard InChI is InChI=1S/C19H16O2/c20-17-12-15(13-6-2-1-3-7-13)18(21)19(17)11-10-14-8-4-5-9-16(14)19/h1-9,15H,10-12H2/t15-,19+/m1/s1. The van der Waals surface area contributed by atoms with Crippen molar-refractivity contribution in [1.82, 2.24) is 0 Å². The van der Waals surface area contributed by atoms with Crippen molar-refractivity contribution in [3.8, 4) is 0 Å². The largest absolute Gasteiger partial charge is 0.298 e. The average molecular weight is 276 g/mol. The molecule has 1 fully saturated rings. The van der Waals surface area contributed by atoms with Crippen molar-refractivity contribution in [2.75, 3.05) is 0 Å². The molecule has 2 aromatic rings. The van der Waals surface area contributed by atoms with Crippen LogP contribution in [0.5, 0.6) is 0 Å². The molecule has 0 saturated heterocycles. The molecule has 1 spiro atoms. The molecule has 0 heterocycles. The predicted molar refractivity (Wildman–Crippen MR) is 80.3 cm³/mol. The lowest BCUT2D eigenvalue weighted by atomic mass is 9.77. The zero-order valence-electron chi connectivity index (χ0n) is 11.7. The number of fused-ring (bicyclic) bond motifs is 2. The summed E-state index contributed by atoms with van der Waals surface area (Å²) in [6.07, 6.45) is 1.82. The van der Waals surface area contributed by atoms with Gasteiger partial charge in [-0.05, 0) is 29.5 Å². The van der Waals surface area contributed by atoms with Gasteiger partial charge in [0, 0.05) is 6.42 Å². The molecule has 2 aliphatic rings. The molecule has 2 atom stereocenters. The first-order valence-corrected chi connectivity index (χ1v) is 7.44. The van der Waals surface area contributed by atoms with Crippen LogP contribution in [0.2, 0.25) is 0 Å². The maximum absolute atomic E-state index is 13.1. The molecular weight excluding hydrogens is 260 g/mol. The highest BCUT2D eigenvalue weighted by Crippen LogP contribution is 2.50. The van der Waals surface area contributed by atoms with Crippen molar-refractivity contribution in [3.05, 3.63) is 71.3 Å². The van der Waals surface area contributed by atoms with Crippen molar-refractivity contribution in [2.45, 2.75) is 30.6 Å². The van der Waals surface area contributed by atoms with Gasteiger partial charge in [-0.3, -0.25) is 9.59 Å². The highest BCUT2D eigenvalue weighted by Gasteiger charge is 2.58. The molecule has 0 unspecified atom stereocenters. The topological polar surface area (TPSA) is 34.1 Å². The van der Waals surface area contributed by atoms with Gasteiger partial charge in [0.1, 0.15) is 5.41 Å². The summed E-state index contributed by atoms with van der Waals surface area (Å²) < 4.78 is 0. The summed E-state index contributed by atoms with van der Waals surface area (Å²) in [6.45, 7) is 0. The predicted octanol–water partition coefficient (Wildman–Crippen LogP) is 3.20. The average Bonchev–Trinajstić information content (AvgIpc) is 3.04. The van der Waals surface area contributed by atoms with Crippen LogP contribution in [0.15, 0.2) is 54.6 Å². The Kier molecular flexibility index (Phi) is 2.61. The van der Waals surface area contributed by atoms with Gasteiger partial charge in [0.2, 0.25) is 0 Å². The first kappa shape index (κ1) is 12.5. The second-order valence-electron chi connectivity index (χ2n) is 6.02. The van der Waals surface area contributed by atoms with E-state index < -0.39 is 5.41 Å². The van der Waals surface area contributed by atoms with Gasteiger partial charge in [-0.1, -0.05) is 54.6 Å². The van der Waals surface area contributed by atoms with E-state index in [1.165, 1.54) is 0 Å². The highest BCUT2D eigenvalue weighted by atomic mass is 16.2. The van der Waals surface area contributed by atoms with E-state index in [0.29, 0.717) is 12.8 Å². The number of carbonyl (C=O) groups excluding carboxylic acids is 2. The van der Waals surface area contributed by atoms with Crippen LogP contribution in [0.25, 0.3) is 0 Å². The van der Waals surface area contributed by atoms with Crippen molar-refractivity contribution in [1.29, 1.82) is 0 Å². The number of rotatable bonds is 1. The molecule has 0 aromatic heterocycles. The minimum absolute atomic E-state index is 0.101. The van der Waals surface area contributed by atoms with E-state index in [0.717, 1.165) is 23.1 Å². The molecule has 21 heavy (non-hydrogen) atoms. The molecule has 2 nitrogen and oxygen atoms in total. The van der Waals surface area contributed by atoms with Gasteiger partial charge < -0.3 is 0 Å². The van der Waals surface area contributed by atoms with Crippen LogP contribution in [0, 0.1) is 0 Å². The van der Waals surface area contributed by atoms with Crippen LogP contribution >= 0.6 is 0 Å². The summed E-state index contributed by atoms with van der Waals surface area (Å²) in [7, 11) is 0. The van der Waals surface area contributed by atoms with E-state index in [-0.39, 0.29) is 17.5 Å². The van der Waals surface area contributed by atoms with E-state index >= 15 is 0 Å². The maximum atomic E-state index is 13.1. The summed E-state index contributed by atoms with van der Waals surface area (Å²) in [5.74, 6) is -0.0696. The summed E-state index contributed by atoms with van der Waals surface area (Å²) >= 11 is 0. The molecule has 0 radical (unpaired) electrons. The van der Waals surface area contributed by atoms with Crippen LogP contribution < -0.4 is 0 Å². The van der Waals surface area contributed by atoms with Crippen LogP contribution in [-0.2, 0) is 21.4 Å². The summed E-state index contributed by atoms with van der Waals surface area (Å²) in [6, 6.07) is 17.6. The summed E-state index contributed by atoms with van der Waals surface area (Å²) in [4.78, 5) is 25.8. The number of benzene rings is 2. The number of hydrogen-bond donors (Lipinski definition) is 0. The number of aryl methyl sites for hydroxylation is 1. The van der Waals surface area contributed by atoms with E-state index in [2.05, 4.69) is 0 Å². The van der Waals surface area contributed by atoms with Crippen LogP contribution in [0.1, 0.15) is 35.4 Å². The lowest BCUT2D eigenvalue weighted by Gasteiger charge is -2.22. The fourth-order valence-electron chi connectivity index (χ4n) is 4.00. The first-order chi connectivity index (χ1) is 10.2. The molecule has 2 heteroatoms. The molecular formula is C19H16O2. The van der Waals surface area contributed by atoms with Gasteiger partial charge >= 0.3 is 0 Å². The fraction of sp³-hybridized carbons (Fsp3) is 0.263. The second kappa shape index (κ2) is 4.39. The van der Waals surface area contributed by atoms with Crippen LogP contribution in [-0.4, -0.2) is 11.6 Å². The Morgan fingerprint density at radius 2 is 1.62 bits per heavy atom. The van der Waals surface area contributed by atoms with Crippen LogP contribution in [0.3, 0.4) is 0 Å². The molecule has 0 amide bonds. The number of Topliss-reactive ketones (excluding diaryl/α,β-unsaturated/α-hetero) is 2. The third-order valence-corrected chi connectivity index (χ3v) is 5.05. The van der Waals surface area contributed by atoms with Gasteiger partial charge in [-0.25, -0.2) is 0 Å². The second-order valence-corrected chi connectivity index (χ2v) is 6.02. The maximum Gasteiger partial charge on any atom is 0.158 e. The normalized spacial score (nSPS) is 27.3. The first-order valence-electron chi connectivity index (χ1n) is 7.44. The third kappa shape index (κ3) is 1.59. The lowest BCUT2D eigenvalue weighted by Crippen LogP contribution is -2.36. The summed E-state index contributed by atoms with van der Waals surface area (Å²) in [5.41, 5.74) is 2.22. The van der Waals surface area contributed by atoms with Crippen molar-refractivity contribution >= 4 is 11.6 Å². The van der Waals surface area contributed by atoms with Crippen molar-refractivity contribution < 1.29 is 9.59 Å². The van der Waals surface area contributed by atoms with Gasteiger partial charge in [-0.2, -0.15) is 0 Å². The van der Waals surface area contributed by atoms with Crippen molar-refractivity contribution in [3.63, 3.8) is 0 Å². The fourth-order valence-corrected chi connectivity index (χ4v) is 4.00. The number of carbonyl (C=O) groups is 2. The SMILES string of the molecule is O=C1C[C@H](c2ccccc2)C(=O)[C@]12CCc1ccccc12. The molecule has 104 valence electrons.